The van der Waals surface area contributed by atoms with Crippen molar-refractivity contribution >= 4 is 16.7 Å². The third-order valence-electron chi connectivity index (χ3n) is 4.16. The van der Waals surface area contributed by atoms with Gasteiger partial charge in [0.15, 0.2) is 0 Å². The molecule has 0 unspecified atom stereocenters. The first-order chi connectivity index (χ1) is 10.6. The highest BCUT2D eigenvalue weighted by atomic mass is 16.4. The summed E-state index contributed by atoms with van der Waals surface area (Å²) in [6.45, 7) is 4.15. The van der Waals surface area contributed by atoms with Crippen LogP contribution in [0.1, 0.15) is 39.9 Å². The summed E-state index contributed by atoms with van der Waals surface area (Å²) in [6, 6.07) is 19.8. The van der Waals surface area contributed by atoms with Crippen LogP contribution in [0.25, 0.3) is 10.8 Å². The zero-order chi connectivity index (χ0) is 15.7. The molecule has 0 spiro atoms. The van der Waals surface area contributed by atoms with Crippen LogP contribution in [0.15, 0.2) is 60.7 Å². The molecule has 2 nitrogen and oxygen atoms in total. The summed E-state index contributed by atoms with van der Waals surface area (Å²) in [4.78, 5) is 11.5. The van der Waals surface area contributed by atoms with Gasteiger partial charge in [0.05, 0.1) is 5.56 Å². The van der Waals surface area contributed by atoms with E-state index in [1.165, 1.54) is 21.9 Å². The van der Waals surface area contributed by atoms with Gasteiger partial charge in [0.25, 0.3) is 0 Å². The number of hydrogen-bond donors (Lipinski definition) is 1. The van der Waals surface area contributed by atoms with Crippen molar-refractivity contribution in [3.8, 4) is 0 Å². The van der Waals surface area contributed by atoms with E-state index in [0.717, 1.165) is 5.56 Å². The molecule has 0 amide bonds. The molecule has 0 aromatic heterocycles. The van der Waals surface area contributed by atoms with Crippen molar-refractivity contribution in [1.82, 2.24) is 0 Å². The van der Waals surface area contributed by atoms with Crippen LogP contribution in [0.2, 0.25) is 0 Å². The van der Waals surface area contributed by atoms with Crippen molar-refractivity contribution < 1.29 is 9.90 Å². The van der Waals surface area contributed by atoms with Crippen molar-refractivity contribution in [2.45, 2.75) is 19.8 Å². The highest BCUT2D eigenvalue weighted by Crippen LogP contribution is 2.33. The molecule has 1 N–H and O–H groups in total. The number of carbonyl (C=O) groups is 1. The summed E-state index contributed by atoms with van der Waals surface area (Å²) >= 11 is 0. The predicted octanol–water partition coefficient (Wildman–Crippen LogP) is 5.00. The molecule has 1 atom stereocenters. The Bertz CT molecular complexity index is 849. The third kappa shape index (κ3) is 2.48. The smallest absolute Gasteiger partial charge is 0.335 e. The van der Waals surface area contributed by atoms with Gasteiger partial charge in [0.1, 0.15) is 0 Å². The lowest BCUT2D eigenvalue weighted by Crippen LogP contribution is -2.07. The van der Waals surface area contributed by atoms with Crippen LogP contribution >= 0.6 is 0 Å². The summed E-state index contributed by atoms with van der Waals surface area (Å²) in [7, 11) is 0. The first-order valence-electron chi connectivity index (χ1n) is 7.39. The fraction of sp³-hybridized carbons (Fsp3) is 0.150. The lowest BCUT2D eigenvalue weighted by Gasteiger charge is -2.18. The highest BCUT2D eigenvalue weighted by Gasteiger charge is 2.18. The molecular weight excluding hydrogens is 272 g/mol. The highest BCUT2D eigenvalue weighted by molar-refractivity contribution is 5.91. The summed E-state index contributed by atoms with van der Waals surface area (Å²) < 4.78 is 0. The van der Waals surface area contributed by atoms with E-state index in [1.54, 1.807) is 12.1 Å². The molecule has 0 saturated heterocycles. The van der Waals surface area contributed by atoms with Crippen LogP contribution in [-0.2, 0) is 0 Å². The van der Waals surface area contributed by atoms with Gasteiger partial charge in [-0.15, -0.1) is 0 Å². The Morgan fingerprint density at radius 1 is 0.955 bits per heavy atom. The molecule has 0 aliphatic carbocycles. The van der Waals surface area contributed by atoms with Crippen LogP contribution in [0.3, 0.4) is 0 Å². The molecule has 0 radical (unpaired) electrons. The number of hydrogen-bond acceptors (Lipinski definition) is 1. The van der Waals surface area contributed by atoms with E-state index in [-0.39, 0.29) is 5.92 Å². The standard InChI is InChI=1S/C20H18O2/c1-13-11-15-7-3-4-9-17(15)19(12-13)14(2)16-8-5-6-10-18(16)20(21)22/h3-12,14H,1-2H3,(H,21,22)/t14-/m0/s1. The van der Waals surface area contributed by atoms with E-state index in [2.05, 4.69) is 38.1 Å². The second-order valence-electron chi connectivity index (χ2n) is 5.69. The second-order valence-corrected chi connectivity index (χ2v) is 5.69. The fourth-order valence-corrected chi connectivity index (χ4v) is 3.09. The molecule has 3 aromatic rings. The molecule has 0 aliphatic heterocycles. The average molecular weight is 290 g/mol. The van der Waals surface area contributed by atoms with Crippen molar-refractivity contribution in [3.63, 3.8) is 0 Å². The molecule has 0 fully saturated rings. The minimum atomic E-state index is -0.876. The van der Waals surface area contributed by atoms with E-state index in [1.807, 2.05) is 24.3 Å². The minimum absolute atomic E-state index is 0.0251. The molecule has 0 aliphatic rings. The van der Waals surface area contributed by atoms with E-state index < -0.39 is 5.97 Å². The first kappa shape index (κ1) is 14.3. The Balaban J connectivity index is 2.22. The van der Waals surface area contributed by atoms with Gasteiger partial charge in [-0.05, 0) is 34.9 Å². The average Bonchev–Trinajstić information content (AvgIpc) is 2.53. The van der Waals surface area contributed by atoms with Crippen LogP contribution in [-0.4, -0.2) is 11.1 Å². The van der Waals surface area contributed by atoms with E-state index in [4.69, 9.17) is 0 Å². The van der Waals surface area contributed by atoms with Crippen LogP contribution in [0.5, 0.6) is 0 Å². The largest absolute Gasteiger partial charge is 0.478 e. The summed E-state index contributed by atoms with van der Waals surface area (Å²) in [5, 5.41) is 11.8. The summed E-state index contributed by atoms with van der Waals surface area (Å²) in [5.74, 6) is -0.850. The predicted molar refractivity (Wildman–Crippen MR) is 89.6 cm³/mol. The maximum Gasteiger partial charge on any atom is 0.335 e. The number of aromatic carboxylic acids is 1. The van der Waals surface area contributed by atoms with Crippen molar-refractivity contribution in [2.24, 2.45) is 0 Å². The monoisotopic (exact) mass is 290 g/mol. The zero-order valence-electron chi connectivity index (χ0n) is 12.7. The lowest BCUT2D eigenvalue weighted by atomic mass is 9.86. The van der Waals surface area contributed by atoms with Gasteiger partial charge >= 0.3 is 5.97 Å². The molecule has 0 heterocycles. The van der Waals surface area contributed by atoms with E-state index >= 15 is 0 Å². The zero-order valence-corrected chi connectivity index (χ0v) is 12.7. The summed E-state index contributed by atoms with van der Waals surface area (Å²) in [5.41, 5.74) is 3.59. The van der Waals surface area contributed by atoms with Gasteiger partial charge in [0, 0.05) is 5.92 Å². The Labute approximate surface area is 130 Å². The van der Waals surface area contributed by atoms with Crippen LogP contribution in [0.4, 0.5) is 0 Å². The number of carboxylic acids is 1. The van der Waals surface area contributed by atoms with Crippen LogP contribution < -0.4 is 0 Å². The normalized spacial score (nSPS) is 12.3. The molecule has 2 heteroatoms. The Morgan fingerprint density at radius 2 is 1.64 bits per heavy atom. The SMILES string of the molecule is Cc1cc([C@@H](C)c2ccccc2C(=O)O)c2ccccc2c1. The lowest BCUT2D eigenvalue weighted by molar-refractivity contribution is 0.0695. The quantitative estimate of drug-likeness (QED) is 0.737. The molecule has 3 rings (SSSR count). The molecule has 0 bridgehead atoms. The number of fused-ring (bicyclic) bond motifs is 1. The molecule has 110 valence electrons. The van der Waals surface area contributed by atoms with Gasteiger partial charge in [0.2, 0.25) is 0 Å². The summed E-state index contributed by atoms with van der Waals surface area (Å²) in [6.07, 6.45) is 0. The van der Waals surface area contributed by atoms with Gasteiger partial charge in [-0.3, -0.25) is 0 Å². The topological polar surface area (TPSA) is 37.3 Å². The van der Waals surface area contributed by atoms with E-state index in [9.17, 15) is 9.90 Å². The van der Waals surface area contributed by atoms with Crippen molar-refractivity contribution in [2.75, 3.05) is 0 Å². The first-order valence-corrected chi connectivity index (χ1v) is 7.39. The second kappa shape index (κ2) is 5.64. The fourth-order valence-electron chi connectivity index (χ4n) is 3.09. The van der Waals surface area contributed by atoms with Gasteiger partial charge in [-0.2, -0.15) is 0 Å². The van der Waals surface area contributed by atoms with Gasteiger partial charge < -0.3 is 5.11 Å². The third-order valence-corrected chi connectivity index (χ3v) is 4.16. The molecule has 0 saturated carbocycles. The minimum Gasteiger partial charge on any atom is -0.478 e. The van der Waals surface area contributed by atoms with Crippen molar-refractivity contribution in [1.29, 1.82) is 0 Å². The maximum atomic E-state index is 11.5. The Kier molecular flexibility index (Phi) is 3.68. The van der Waals surface area contributed by atoms with Gasteiger partial charge in [-0.1, -0.05) is 67.1 Å². The van der Waals surface area contributed by atoms with Crippen LogP contribution in [0, 0.1) is 6.92 Å². The number of rotatable bonds is 3. The maximum absolute atomic E-state index is 11.5. The number of benzene rings is 3. The molecule has 22 heavy (non-hydrogen) atoms. The molecule has 3 aromatic carbocycles. The Morgan fingerprint density at radius 3 is 2.41 bits per heavy atom. The van der Waals surface area contributed by atoms with Gasteiger partial charge in [-0.25, -0.2) is 4.79 Å². The van der Waals surface area contributed by atoms with E-state index in [0.29, 0.717) is 5.56 Å². The number of aryl methyl sites for hydroxylation is 1. The Hall–Kier alpha value is -2.61. The number of carboxylic acid groups (broad SMARTS) is 1. The molecular formula is C20H18O2. The van der Waals surface area contributed by atoms with Crippen molar-refractivity contribution in [3.05, 3.63) is 82.9 Å².